The van der Waals surface area contributed by atoms with Crippen LogP contribution in [0.4, 0.5) is 5.69 Å². The topological polar surface area (TPSA) is 49.4 Å². The minimum Gasteiger partial charge on any atom is -0.351 e. The van der Waals surface area contributed by atoms with Crippen molar-refractivity contribution in [3.8, 4) is 0 Å². The van der Waals surface area contributed by atoms with E-state index in [0.29, 0.717) is 16.3 Å². The van der Waals surface area contributed by atoms with Crippen LogP contribution in [0.2, 0.25) is 5.02 Å². The number of carbonyl (C=O) groups excluding carboxylic acids is 2. The fraction of sp³-hybridized carbons (Fsp3) is 0.391. The van der Waals surface area contributed by atoms with E-state index in [4.69, 9.17) is 23.2 Å². The van der Waals surface area contributed by atoms with Crippen molar-refractivity contribution in [2.45, 2.75) is 51.1 Å². The number of nitrogens with one attached hydrogen (secondary N) is 1. The normalized spacial score (nSPS) is 15.6. The van der Waals surface area contributed by atoms with Gasteiger partial charge in [-0.1, -0.05) is 60.7 Å². The smallest absolute Gasteiger partial charge is 0.248 e. The number of carbonyl (C=O) groups is 2. The average Bonchev–Trinajstić information content (AvgIpc) is 2.74. The van der Waals surface area contributed by atoms with E-state index >= 15 is 0 Å². The second-order valence-corrected chi connectivity index (χ2v) is 8.23. The molecule has 0 aromatic heterocycles. The third-order valence-corrected chi connectivity index (χ3v) is 5.82. The Kier molecular flexibility index (Phi) is 7.57. The van der Waals surface area contributed by atoms with E-state index in [1.165, 1.54) is 11.3 Å². The predicted molar refractivity (Wildman–Crippen MR) is 119 cm³/mol. The Bertz CT molecular complexity index is 831. The van der Waals surface area contributed by atoms with E-state index in [9.17, 15) is 9.59 Å². The molecule has 3 rings (SSSR count). The summed E-state index contributed by atoms with van der Waals surface area (Å²) in [5, 5.41) is 3.74. The molecule has 0 heterocycles. The van der Waals surface area contributed by atoms with Crippen molar-refractivity contribution in [2.75, 3.05) is 10.8 Å². The van der Waals surface area contributed by atoms with Crippen molar-refractivity contribution in [3.63, 3.8) is 0 Å². The Morgan fingerprint density at radius 2 is 1.66 bits per heavy atom. The molecule has 0 aliphatic heterocycles. The monoisotopic (exact) mass is 432 g/mol. The summed E-state index contributed by atoms with van der Waals surface area (Å²) in [5.41, 5.74) is 2.41. The molecule has 1 saturated carbocycles. The molecular formula is C23H26Cl2N2O2. The molecule has 1 aliphatic carbocycles. The van der Waals surface area contributed by atoms with E-state index in [2.05, 4.69) is 5.32 Å². The lowest BCUT2D eigenvalue weighted by Crippen LogP contribution is -2.47. The summed E-state index contributed by atoms with van der Waals surface area (Å²) < 4.78 is 0. The molecule has 1 N–H and O–H groups in total. The van der Waals surface area contributed by atoms with Crippen LogP contribution in [0.15, 0.2) is 48.5 Å². The fourth-order valence-corrected chi connectivity index (χ4v) is 4.05. The minimum atomic E-state index is -0.817. The van der Waals surface area contributed by atoms with Crippen molar-refractivity contribution in [1.29, 1.82) is 0 Å². The Balaban J connectivity index is 2.00. The maximum atomic E-state index is 13.4. The second-order valence-electron chi connectivity index (χ2n) is 7.53. The molecule has 2 amide bonds. The number of amides is 2. The van der Waals surface area contributed by atoms with Gasteiger partial charge in [0.05, 0.1) is 0 Å². The van der Waals surface area contributed by atoms with Gasteiger partial charge in [-0.05, 0) is 49.6 Å². The van der Waals surface area contributed by atoms with E-state index in [-0.39, 0.29) is 23.7 Å². The summed E-state index contributed by atoms with van der Waals surface area (Å²) in [6.45, 7) is 1.98. The first-order chi connectivity index (χ1) is 14.0. The van der Waals surface area contributed by atoms with Gasteiger partial charge in [-0.15, -0.1) is 11.6 Å². The summed E-state index contributed by atoms with van der Waals surface area (Å²) >= 11 is 12.0. The van der Waals surface area contributed by atoms with Gasteiger partial charge < -0.3 is 5.32 Å². The lowest BCUT2D eigenvalue weighted by Gasteiger charge is -2.33. The first-order valence-corrected chi connectivity index (χ1v) is 10.9. The van der Waals surface area contributed by atoms with Crippen LogP contribution >= 0.6 is 23.2 Å². The van der Waals surface area contributed by atoms with Gasteiger partial charge in [0.15, 0.2) is 0 Å². The zero-order chi connectivity index (χ0) is 20.8. The number of anilines is 1. The fourth-order valence-electron chi connectivity index (χ4n) is 3.80. The molecule has 0 saturated heterocycles. The Hall–Kier alpha value is -2.04. The summed E-state index contributed by atoms with van der Waals surface area (Å²) in [6.07, 6.45) is 5.35. The van der Waals surface area contributed by atoms with Gasteiger partial charge in [-0.3, -0.25) is 14.5 Å². The molecule has 1 atom stereocenters. The van der Waals surface area contributed by atoms with Crippen molar-refractivity contribution in [3.05, 3.63) is 64.7 Å². The van der Waals surface area contributed by atoms with Crippen LogP contribution in [0.5, 0.6) is 0 Å². The van der Waals surface area contributed by atoms with Gasteiger partial charge in [0.2, 0.25) is 11.8 Å². The number of hydrogen-bond donors (Lipinski definition) is 1. The third-order valence-electron chi connectivity index (χ3n) is 5.34. The molecule has 0 spiro atoms. The van der Waals surface area contributed by atoms with Crippen LogP contribution in [0, 0.1) is 6.92 Å². The molecule has 0 unspecified atom stereocenters. The van der Waals surface area contributed by atoms with Gasteiger partial charge in [0, 0.05) is 16.8 Å². The SMILES string of the molecule is Cc1ccc(N(C(=O)CCl)[C@H](C(=O)NC2CCCCC2)c2ccc(Cl)cc2)cc1. The molecule has 29 heavy (non-hydrogen) atoms. The van der Waals surface area contributed by atoms with Crippen molar-refractivity contribution < 1.29 is 9.59 Å². The quantitative estimate of drug-likeness (QED) is 0.620. The number of hydrogen-bond acceptors (Lipinski definition) is 2. The summed E-state index contributed by atoms with van der Waals surface area (Å²) in [5.74, 6) is -0.734. The largest absolute Gasteiger partial charge is 0.351 e. The molecule has 154 valence electrons. The van der Waals surface area contributed by atoms with Gasteiger partial charge in [0.25, 0.3) is 0 Å². The third kappa shape index (κ3) is 5.52. The highest BCUT2D eigenvalue weighted by Gasteiger charge is 2.33. The van der Waals surface area contributed by atoms with Crippen LogP contribution in [-0.2, 0) is 9.59 Å². The summed E-state index contributed by atoms with van der Waals surface area (Å²) in [7, 11) is 0. The van der Waals surface area contributed by atoms with Crippen LogP contribution in [-0.4, -0.2) is 23.7 Å². The molecule has 0 bridgehead atoms. The molecule has 4 nitrogen and oxygen atoms in total. The van der Waals surface area contributed by atoms with Crippen LogP contribution in [0.3, 0.4) is 0 Å². The zero-order valence-electron chi connectivity index (χ0n) is 16.5. The number of halogens is 2. The molecular weight excluding hydrogens is 407 g/mol. The van der Waals surface area contributed by atoms with Gasteiger partial charge in [0.1, 0.15) is 11.9 Å². The average molecular weight is 433 g/mol. The molecule has 0 radical (unpaired) electrons. The molecule has 6 heteroatoms. The Morgan fingerprint density at radius 1 is 1.03 bits per heavy atom. The van der Waals surface area contributed by atoms with Crippen LogP contribution in [0.1, 0.15) is 49.3 Å². The Morgan fingerprint density at radius 3 is 2.24 bits per heavy atom. The number of alkyl halides is 1. The molecule has 2 aromatic carbocycles. The van der Waals surface area contributed by atoms with Crippen molar-refractivity contribution in [1.82, 2.24) is 5.32 Å². The molecule has 2 aromatic rings. The van der Waals surface area contributed by atoms with Gasteiger partial charge in [-0.2, -0.15) is 0 Å². The van der Waals surface area contributed by atoms with E-state index in [1.54, 1.807) is 24.3 Å². The van der Waals surface area contributed by atoms with E-state index in [0.717, 1.165) is 31.2 Å². The van der Waals surface area contributed by atoms with Gasteiger partial charge >= 0.3 is 0 Å². The Labute approximate surface area is 182 Å². The lowest BCUT2D eigenvalue weighted by molar-refractivity contribution is -0.126. The number of aryl methyl sites for hydroxylation is 1. The highest BCUT2D eigenvalue weighted by molar-refractivity contribution is 6.30. The highest BCUT2D eigenvalue weighted by Crippen LogP contribution is 2.30. The maximum Gasteiger partial charge on any atom is 0.248 e. The number of rotatable bonds is 6. The first kappa shape index (κ1) is 21.7. The van der Waals surface area contributed by atoms with Gasteiger partial charge in [-0.25, -0.2) is 0 Å². The molecule has 1 fully saturated rings. The van der Waals surface area contributed by atoms with Crippen LogP contribution in [0.25, 0.3) is 0 Å². The lowest BCUT2D eigenvalue weighted by atomic mass is 9.94. The highest BCUT2D eigenvalue weighted by atomic mass is 35.5. The predicted octanol–water partition coefficient (Wildman–Crippen LogP) is 5.41. The molecule has 1 aliphatic rings. The van der Waals surface area contributed by atoms with Crippen LogP contribution < -0.4 is 10.2 Å². The van der Waals surface area contributed by atoms with E-state index < -0.39 is 6.04 Å². The van der Waals surface area contributed by atoms with Crippen molar-refractivity contribution >= 4 is 40.7 Å². The number of benzene rings is 2. The standard InChI is InChI=1S/C23H26Cl2N2O2/c1-16-7-13-20(14-8-16)27(21(28)15-24)22(17-9-11-18(25)12-10-17)23(29)26-19-5-3-2-4-6-19/h7-14,19,22H,2-6,15H2,1H3,(H,26,29)/t22-/m0/s1. The zero-order valence-corrected chi connectivity index (χ0v) is 18.0. The second kappa shape index (κ2) is 10.1. The summed E-state index contributed by atoms with van der Waals surface area (Å²) in [6, 6.07) is 13.9. The minimum absolute atomic E-state index is 0.136. The first-order valence-electron chi connectivity index (χ1n) is 10.00. The maximum absolute atomic E-state index is 13.4. The number of nitrogens with zero attached hydrogens (tertiary/aromatic N) is 1. The van der Waals surface area contributed by atoms with Crippen molar-refractivity contribution in [2.24, 2.45) is 0 Å². The van der Waals surface area contributed by atoms with E-state index in [1.807, 2.05) is 31.2 Å². The summed E-state index contributed by atoms with van der Waals surface area (Å²) in [4.78, 5) is 27.8.